The van der Waals surface area contributed by atoms with E-state index in [1.807, 2.05) is 6.07 Å². The fourth-order valence-corrected chi connectivity index (χ4v) is 4.64. The number of phenolic OH excluding ortho intramolecular Hbond substituents is 1. The first-order valence-corrected chi connectivity index (χ1v) is 7.45. The van der Waals surface area contributed by atoms with E-state index in [1.165, 1.54) is 0 Å². The van der Waals surface area contributed by atoms with Crippen LogP contribution in [0.1, 0.15) is 12.0 Å². The van der Waals surface area contributed by atoms with Gasteiger partial charge in [0, 0.05) is 5.41 Å². The molecule has 1 aliphatic rings. The Morgan fingerprint density at radius 2 is 2.18 bits per heavy atom. The molecule has 1 atom stereocenters. The van der Waals surface area contributed by atoms with E-state index < -0.39 is 9.84 Å². The molecule has 1 aromatic carbocycles. The molecule has 94 valence electrons. The third-order valence-electron chi connectivity index (χ3n) is 3.39. The zero-order valence-electron chi connectivity index (χ0n) is 9.59. The zero-order chi connectivity index (χ0) is 12.5. The maximum atomic E-state index is 11.6. The minimum atomic E-state index is -2.94. The largest absolute Gasteiger partial charge is 0.508 e. The van der Waals surface area contributed by atoms with Gasteiger partial charge in [0.15, 0.2) is 9.84 Å². The van der Waals surface area contributed by atoms with Gasteiger partial charge in [0.1, 0.15) is 5.75 Å². The molecule has 1 aromatic rings. The topological polar surface area (TPSA) is 80.4 Å². The minimum Gasteiger partial charge on any atom is -0.508 e. The van der Waals surface area contributed by atoms with Gasteiger partial charge in [-0.15, -0.1) is 0 Å². The predicted molar refractivity (Wildman–Crippen MR) is 66.6 cm³/mol. The molecule has 1 saturated heterocycles. The van der Waals surface area contributed by atoms with E-state index in [2.05, 4.69) is 0 Å². The molecule has 0 bridgehead atoms. The maximum absolute atomic E-state index is 11.6. The number of sulfone groups is 1. The standard InChI is InChI=1S/C12H17NO3S/c13-8-12(4-5-17(15,16)9-12)7-10-2-1-3-11(14)6-10/h1-3,6,14H,4-5,7-9,13H2. The van der Waals surface area contributed by atoms with Crippen LogP contribution in [0.2, 0.25) is 0 Å². The van der Waals surface area contributed by atoms with Crippen molar-refractivity contribution in [1.29, 1.82) is 0 Å². The van der Waals surface area contributed by atoms with Crippen molar-refractivity contribution in [2.75, 3.05) is 18.1 Å². The smallest absolute Gasteiger partial charge is 0.150 e. The summed E-state index contributed by atoms with van der Waals surface area (Å²) in [6.45, 7) is 0.363. The Morgan fingerprint density at radius 3 is 2.71 bits per heavy atom. The summed E-state index contributed by atoms with van der Waals surface area (Å²) in [7, 11) is -2.94. The summed E-state index contributed by atoms with van der Waals surface area (Å²) in [5, 5.41) is 9.40. The highest BCUT2D eigenvalue weighted by atomic mass is 32.2. The molecular formula is C12H17NO3S. The molecule has 1 aliphatic heterocycles. The molecule has 0 amide bonds. The van der Waals surface area contributed by atoms with Crippen LogP contribution in [0.3, 0.4) is 0 Å². The van der Waals surface area contributed by atoms with Gasteiger partial charge < -0.3 is 10.8 Å². The number of benzene rings is 1. The van der Waals surface area contributed by atoms with Gasteiger partial charge in [-0.25, -0.2) is 8.42 Å². The molecule has 0 saturated carbocycles. The van der Waals surface area contributed by atoms with Gasteiger partial charge in [0.05, 0.1) is 11.5 Å². The lowest BCUT2D eigenvalue weighted by Crippen LogP contribution is -2.34. The fraction of sp³-hybridized carbons (Fsp3) is 0.500. The van der Waals surface area contributed by atoms with Crippen LogP contribution in [0.15, 0.2) is 24.3 Å². The first-order valence-electron chi connectivity index (χ1n) is 5.63. The average molecular weight is 255 g/mol. The van der Waals surface area contributed by atoms with Gasteiger partial charge in [-0.3, -0.25) is 0 Å². The van der Waals surface area contributed by atoms with E-state index in [-0.39, 0.29) is 22.7 Å². The first kappa shape index (κ1) is 12.4. The molecule has 3 N–H and O–H groups in total. The summed E-state index contributed by atoms with van der Waals surface area (Å²) in [6.07, 6.45) is 1.22. The SMILES string of the molecule is NCC1(Cc2cccc(O)c2)CCS(=O)(=O)C1. The van der Waals surface area contributed by atoms with Gasteiger partial charge in [-0.2, -0.15) is 0 Å². The van der Waals surface area contributed by atoms with Crippen molar-refractivity contribution in [3.8, 4) is 5.75 Å². The van der Waals surface area contributed by atoms with Crippen LogP contribution in [0.5, 0.6) is 5.75 Å². The van der Waals surface area contributed by atoms with Crippen molar-refractivity contribution in [3.05, 3.63) is 29.8 Å². The van der Waals surface area contributed by atoms with Gasteiger partial charge in [-0.1, -0.05) is 12.1 Å². The Kier molecular flexibility index (Phi) is 3.14. The minimum absolute atomic E-state index is 0.159. The number of phenols is 1. The fourth-order valence-electron chi connectivity index (χ4n) is 2.45. The van der Waals surface area contributed by atoms with E-state index >= 15 is 0 Å². The summed E-state index contributed by atoms with van der Waals surface area (Å²) in [5.74, 6) is 0.588. The molecular weight excluding hydrogens is 238 g/mol. The molecule has 1 heterocycles. The van der Waals surface area contributed by atoms with Crippen LogP contribution in [0.25, 0.3) is 0 Å². The van der Waals surface area contributed by atoms with Crippen LogP contribution in [-0.4, -0.2) is 31.6 Å². The zero-order valence-corrected chi connectivity index (χ0v) is 10.4. The van der Waals surface area contributed by atoms with Crippen molar-refractivity contribution in [3.63, 3.8) is 0 Å². The van der Waals surface area contributed by atoms with Gasteiger partial charge in [0.2, 0.25) is 0 Å². The third-order valence-corrected chi connectivity index (χ3v) is 5.27. The van der Waals surface area contributed by atoms with E-state index in [4.69, 9.17) is 5.73 Å². The van der Waals surface area contributed by atoms with Crippen LogP contribution in [0, 0.1) is 5.41 Å². The lowest BCUT2D eigenvalue weighted by atomic mass is 9.81. The van der Waals surface area contributed by atoms with Gasteiger partial charge in [0.25, 0.3) is 0 Å². The van der Waals surface area contributed by atoms with E-state index in [1.54, 1.807) is 18.2 Å². The molecule has 1 unspecified atom stereocenters. The number of nitrogens with two attached hydrogens (primary N) is 1. The quantitative estimate of drug-likeness (QED) is 0.833. The number of aromatic hydroxyl groups is 1. The molecule has 0 radical (unpaired) electrons. The first-order chi connectivity index (χ1) is 7.95. The molecule has 0 aliphatic carbocycles. The molecule has 17 heavy (non-hydrogen) atoms. The van der Waals surface area contributed by atoms with Crippen molar-refractivity contribution in [1.82, 2.24) is 0 Å². The second-order valence-corrected chi connectivity index (χ2v) is 7.08. The van der Waals surface area contributed by atoms with E-state index in [0.717, 1.165) is 5.56 Å². The number of rotatable bonds is 3. The number of hydrogen-bond acceptors (Lipinski definition) is 4. The third kappa shape index (κ3) is 2.79. The predicted octanol–water partition coefficient (Wildman–Crippen LogP) is 0.698. The average Bonchev–Trinajstić information content (AvgIpc) is 2.55. The summed E-state index contributed by atoms with van der Waals surface area (Å²) in [6, 6.07) is 6.92. The Morgan fingerprint density at radius 1 is 1.41 bits per heavy atom. The Bertz CT molecular complexity index is 512. The lowest BCUT2D eigenvalue weighted by molar-refractivity contribution is 0.344. The maximum Gasteiger partial charge on any atom is 0.150 e. The molecule has 1 fully saturated rings. The summed E-state index contributed by atoms with van der Waals surface area (Å²) in [4.78, 5) is 0. The molecule has 2 rings (SSSR count). The highest BCUT2D eigenvalue weighted by Crippen LogP contribution is 2.35. The molecule has 5 heteroatoms. The highest BCUT2D eigenvalue weighted by Gasteiger charge is 2.41. The molecule has 0 spiro atoms. The van der Waals surface area contributed by atoms with Crippen LogP contribution in [-0.2, 0) is 16.3 Å². The Labute approximate surface area is 101 Å². The Hall–Kier alpha value is -1.07. The molecule has 0 aromatic heterocycles. The monoisotopic (exact) mass is 255 g/mol. The van der Waals surface area contributed by atoms with Crippen molar-refractivity contribution < 1.29 is 13.5 Å². The second-order valence-electron chi connectivity index (χ2n) is 4.89. The highest BCUT2D eigenvalue weighted by molar-refractivity contribution is 7.91. The van der Waals surface area contributed by atoms with Gasteiger partial charge >= 0.3 is 0 Å². The number of hydrogen-bond donors (Lipinski definition) is 2. The molecule has 4 nitrogen and oxygen atoms in total. The summed E-state index contributed by atoms with van der Waals surface area (Å²) in [5.41, 5.74) is 6.33. The lowest BCUT2D eigenvalue weighted by Gasteiger charge is -2.25. The summed E-state index contributed by atoms with van der Waals surface area (Å²) >= 11 is 0. The second kappa shape index (κ2) is 4.31. The van der Waals surface area contributed by atoms with Crippen LogP contribution < -0.4 is 5.73 Å². The Balaban J connectivity index is 2.22. The van der Waals surface area contributed by atoms with Crippen molar-refractivity contribution in [2.24, 2.45) is 11.1 Å². The van der Waals surface area contributed by atoms with Crippen LogP contribution in [0.4, 0.5) is 0 Å². The van der Waals surface area contributed by atoms with Gasteiger partial charge in [-0.05, 0) is 37.1 Å². The van der Waals surface area contributed by atoms with E-state index in [9.17, 15) is 13.5 Å². The normalized spacial score (nSPS) is 27.1. The van der Waals surface area contributed by atoms with Crippen molar-refractivity contribution in [2.45, 2.75) is 12.8 Å². The van der Waals surface area contributed by atoms with E-state index in [0.29, 0.717) is 19.4 Å². The van der Waals surface area contributed by atoms with Crippen LogP contribution >= 0.6 is 0 Å². The van der Waals surface area contributed by atoms with Crippen molar-refractivity contribution >= 4 is 9.84 Å². The summed E-state index contributed by atoms with van der Waals surface area (Å²) < 4.78 is 23.1.